The topological polar surface area (TPSA) is 4.36 Å². The van der Waals surface area contributed by atoms with Gasteiger partial charge in [0.1, 0.15) is 0 Å². The average Bonchev–Trinajstić information content (AvgIpc) is 2.22. The third-order valence-electron chi connectivity index (χ3n) is 1.24. The van der Waals surface area contributed by atoms with Gasteiger partial charge < -0.3 is 4.85 Å². The highest BCUT2D eigenvalue weighted by Crippen LogP contribution is 2.38. The second-order valence-electron chi connectivity index (χ2n) is 2.11. The van der Waals surface area contributed by atoms with Crippen LogP contribution in [0.15, 0.2) is 0 Å². The normalized spacial score (nSPS) is 25.3. The standard InChI is InChI=1S/C5H7N/c1-5(6-2)3-4-5/h3-4H2,1H3. The minimum Gasteiger partial charge on any atom is -0.311 e. The van der Waals surface area contributed by atoms with Gasteiger partial charge in [-0.3, -0.25) is 0 Å². The van der Waals surface area contributed by atoms with Crippen molar-refractivity contribution in [1.29, 1.82) is 0 Å². The molecule has 0 atom stereocenters. The molecule has 0 aliphatic heterocycles. The minimum atomic E-state index is 0.0833. The molecule has 0 amide bonds. The Kier molecular flexibility index (Phi) is 0.464. The second kappa shape index (κ2) is 0.759. The molecule has 0 N–H and O–H groups in total. The zero-order chi connectivity index (χ0) is 4.62. The number of hydrogen-bond donors (Lipinski definition) is 0. The first-order valence-electron chi connectivity index (χ1n) is 2.15. The summed E-state index contributed by atoms with van der Waals surface area (Å²) >= 11 is 0. The Morgan fingerprint density at radius 3 is 2.17 bits per heavy atom. The Morgan fingerprint density at radius 2 is 2.17 bits per heavy atom. The van der Waals surface area contributed by atoms with Gasteiger partial charge in [0, 0.05) is 19.8 Å². The van der Waals surface area contributed by atoms with Gasteiger partial charge in [-0.1, -0.05) is 0 Å². The van der Waals surface area contributed by atoms with Crippen molar-refractivity contribution in [2.75, 3.05) is 0 Å². The summed E-state index contributed by atoms with van der Waals surface area (Å²) in [5.74, 6) is 0. The predicted octanol–water partition coefficient (Wildman–Crippen LogP) is 1.46. The largest absolute Gasteiger partial charge is 0.311 e. The summed E-state index contributed by atoms with van der Waals surface area (Å²) in [6.07, 6.45) is 2.24. The molecule has 0 bridgehead atoms. The SMILES string of the molecule is [C-]#[N+]C1(C)CC1. The first-order valence-corrected chi connectivity index (χ1v) is 2.15. The van der Waals surface area contributed by atoms with Crippen LogP contribution in [0.4, 0.5) is 0 Å². The first kappa shape index (κ1) is 3.67. The van der Waals surface area contributed by atoms with Gasteiger partial charge in [0.25, 0.3) is 0 Å². The van der Waals surface area contributed by atoms with Gasteiger partial charge in [0.2, 0.25) is 5.54 Å². The summed E-state index contributed by atoms with van der Waals surface area (Å²) in [5.41, 5.74) is 0.0833. The van der Waals surface area contributed by atoms with E-state index in [-0.39, 0.29) is 5.54 Å². The van der Waals surface area contributed by atoms with Crippen molar-refractivity contribution in [2.24, 2.45) is 0 Å². The van der Waals surface area contributed by atoms with E-state index in [9.17, 15) is 0 Å². The molecule has 0 heterocycles. The zero-order valence-electron chi connectivity index (χ0n) is 3.86. The molecule has 1 nitrogen and oxygen atoms in total. The van der Waals surface area contributed by atoms with Crippen LogP contribution in [-0.2, 0) is 0 Å². The first-order chi connectivity index (χ1) is 2.77. The summed E-state index contributed by atoms with van der Waals surface area (Å²) in [6.45, 7) is 8.54. The second-order valence-corrected chi connectivity index (χ2v) is 2.11. The van der Waals surface area contributed by atoms with Crippen LogP contribution in [0.1, 0.15) is 19.8 Å². The third-order valence-corrected chi connectivity index (χ3v) is 1.24. The van der Waals surface area contributed by atoms with E-state index in [1.54, 1.807) is 0 Å². The van der Waals surface area contributed by atoms with E-state index in [2.05, 4.69) is 4.85 Å². The van der Waals surface area contributed by atoms with Crippen molar-refractivity contribution in [1.82, 2.24) is 0 Å². The zero-order valence-corrected chi connectivity index (χ0v) is 3.86. The van der Waals surface area contributed by atoms with Gasteiger partial charge in [-0.25, -0.2) is 6.57 Å². The fraction of sp³-hybridized carbons (Fsp3) is 0.800. The molecule has 1 fully saturated rings. The van der Waals surface area contributed by atoms with Gasteiger partial charge in [0.15, 0.2) is 0 Å². The average molecular weight is 81.1 g/mol. The maximum absolute atomic E-state index is 6.54. The van der Waals surface area contributed by atoms with Crippen LogP contribution >= 0.6 is 0 Å². The summed E-state index contributed by atoms with van der Waals surface area (Å²) in [5, 5.41) is 0. The summed E-state index contributed by atoms with van der Waals surface area (Å²) in [6, 6.07) is 0. The smallest absolute Gasteiger partial charge is 0.230 e. The molecule has 6 heavy (non-hydrogen) atoms. The van der Waals surface area contributed by atoms with E-state index in [1.807, 2.05) is 6.92 Å². The van der Waals surface area contributed by atoms with Crippen LogP contribution in [0.25, 0.3) is 4.85 Å². The Hall–Kier alpha value is -0.510. The molecular formula is C5H7N. The monoisotopic (exact) mass is 81.1 g/mol. The molecule has 1 rings (SSSR count). The fourth-order valence-corrected chi connectivity index (χ4v) is 0.293. The van der Waals surface area contributed by atoms with E-state index in [1.165, 1.54) is 0 Å². The van der Waals surface area contributed by atoms with E-state index in [4.69, 9.17) is 6.57 Å². The lowest BCUT2D eigenvalue weighted by Crippen LogP contribution is -1.87. The fourth-order valence-electron chi connectivity index (χ4n) is 0.293. The van der Waals surface area contributed by atoms with Gasteiger partial charge in [0.05, 0.1) is 0 Å². The molecule has 1 saturated carbocycles. The lowest BCUT2D eigenvalue weighted by atomic mass is 10.4. The third kappa shape index (κ3) is 0.386. The minimum absolute atomic E-state index is 0.0833. The van der Waals surface area contributed by atoms with E-state index in [0.717, 1.165) is 12.8 Å². The molecular weight excluding hydrogens is 74.1 g/mol. The van der Waals surface area contributed by atoms with Crippen molar-refractivity contribution in [3.8, 4) is 0 Å². The maximum Gasteiger partial charge on any atom is 0.230 e. The van der Waals surface area contributed by atoms with E-state index in [0.29, 0.717) is 0 Å². The van der Waals surface area contributed by atoms with Crippen molar-refractivity contribution >= 4 is 0 Å². The molecule has 32 valence electrons. The Balaban J connectivity index is 2.54. The number of nitrogens with zero attached hydrogens (tertiary/aromatic N) is 1. The Morgan fingerprint density at radius 1 is 1.67 bits per heavy atom. The molecule has 1 aliphatic carbocycles. The van der Waals surface area contributed by atoms with E-state index >= 15 is 0 Å². The lowest BCUT2D eigenvalue weighted by Gasteiger charge is -1.80. The Bertz CT molecular complexity index is 95.0. The Labute approximate surface area is 37.8 Å². The summed E-state index contributed by atoms with van der Waals surface area (Å²) < 4.78 is 0. The van der Waals surface area contributed by atoms with Crippen LogP contribution in [0.3, 0.4) is 0 Å². The molecule has 0 spiro atoms. The van der Waals surface area contributed by atoms with Crippen molar-refractivity contribution in [2.45, 2.75) is 25.3 Å². The van der Waals surface area contributed by atoms with Gasteiger partial charge >= 0.3 is 0 Å². The number of rotatable bonds is 0. The van der Waals surface area contributed by atoms with Gasteiger partial charge in [-0.15, -0.1) is 0 Å². The quantitative estimate of drug-likeness (QED) is 0.389. The van der Waals surface area contributed by atoms with Crippen molar-refractivity contribution in [3.05, 3.63) is 11.4 Å². The van der Waals surface area contributed by atoms with Crippen LogP contribution in [0.2, 0.25) is 0 Å². The molecule has 0 aromatic rings. The number of hydrogen-bond acceptors (Lipinski definition) is 0. The maximum atomic E-state index is 6.54. The van der Waals surface area contributed by atoms with E-state index < -0.39 is 0 Å². The summed E-state index contributed by atoms with van der Waals surface area (Å²) in [7, 11) is 0. The molecule has 1 aliphatic rings. The highest BCUT2D eigenvalue weighted by molar-refractivity contribution is 5.06. The molecule has 0 aromatic heterocycles. The van der Waals surface area contributed by atoms with Crippen LogP contribution in [0.5, 0.6) is 0 Å². The van der Waals surface area contributed by atoms with Crippen molar-refractivity contribution in [3.63, 3.8) is 0 Å². The molecule has 0 aromatic carbocycles. The van der Waals surface area contributed by atoms with Gasteiger partial charge in [-0.05, 0) is 0 Å². The predicted molar refractivity (Wildman–Crippen MR) is 24.2 cm³/mol. The molecule has 1 heteroatoms. The van der Waals surface area contributed by atoms with Crippen LogP contribution in [0, 0.1) is 6.57 Å². The highest BCUT2D eigenvalue weighted by Gasteiger charge is 2.44. The van der Waals surface area contributed by atoms with Crippen LogP contribution < -0.4 is 0 Å². The highest BCUT2D eigenvalue weighted by atomic mass is 14.8. The summed E-state index contributed by atoms with van der Waals surface area (Å²) in [4.78, 5) is 3.38. The lowest BCUT2D eigenvalue weighted by molar-refractivity contribution is 0.905. The van der Waals surface area contributed by atoms with Gasteiger partial charge in [-0.2, -0.15) is 0 Å². The van der Waals surface area contributed by atoms with Crippen molar-refractivity contribution < 1.29 is 0 Å². The van der Waals surface area contributed by atoms with Crippen LogP contribution in [-0.4, -0.2) is 5.54 Å². The molecule has 0 radical (unpaired) electrons. The molecule has 0 unspecified atom stereocenters. The molecule has 0 saturated heterocycles.